The molecule has 1 heterocycles. The summed E-state index contributed by atoms with van der Waals surface area (Å²) in [6, 6.07) is 19.6. The quantitative estimate of drug-likeness (QED) is 0.228. The molecule has 0 spiro atoms. The first kappa shape index (κ1) is 32.0. The zero-order chi connectivity index (χ0) is 32.2. The number of urea groups is 1. The minimum atomic E-state index is -0.669. The van der Waals surface area contributed by atoms with Gasteiger partial charge >= 0.3 is 12.1 Å². The van der Waals surface area contributed by atoms with Crippen molar-refractivity contribution in [2.45, 2.75) is 45.4 Å². The Kier molecular flexibility index (Phi) is 9.24. The van der Waals surface area contributed by atoms with Crippen LogP contribution in [0.3, 0.4) is 0 Å². The fraction of sp³-hybridized carbons (Fsp3) is 0.344. The third kappa shape index (κ3) is 7.70. The molecule has 1 aliphatic rings. The highest BCUT2D eigenvalue weighted by molar-refractivity contribution is 6.07. The van der Waals surface area contributed by atoms with Gasteiger partial charge in [0.2, 0.25) is 0 Å². The summed E-state index contributed by atoms with van der Waals surface area (Å²) in [5, 5.41) is 16.6. The molecule has 0 saturated carbocycles. The minimum Gasteiger partial charge on any atom is -0.444 e. The fourth-order valence-corrected chi connectivity index (χ4v) is 5.28. The smallest absolute Gasteiger partial charge is 0.412 e. The number of anilines is 3. The largest absolute Gasteiger partial charge is 0.444 e. The molecule has 0 aromatic heterocycles. The summed E-state index contributed by atoms with van der Waals surface area (Å²) < 4.78 is 5.32. The normalized spacial score (nSPS) is 16.7. The predicted molar refractivity (Wildman–Crippen MR) is 169 cm³/mol. The van der Waals surface area contributed by atoms with Crippen LogP contribution in [-0.2, 0) is 11.3 Å². The van der Waals surface area contributed by atoms with Crippen molar-refractivity contribution in [1.29, 1.82) is 0 Å². The van der Waals surface area contributed by atoms with E-state index in [0.29, 0.717) is 42.3 Å². The molecule has 0 bridgehead atoms. The number of nitro groups is 1. The van der Waals surface area contributed by atoms with Gasteiger partial charge in [-0.05, 0) is 83.8 Å². The molecule has 4 amide bonds. The number of nitrogens with one attached hydrogen (secondary N) is 2. The summed E-state index contributed by atoms with van der Waals surface area (Å²) in [5.74, 6) is -0.366. The van der Waals surface area contributed by atoms with E-state index in [1.807, 2.05) is 25.9 Å². The van der Waals surface area contributed by atoms with Crippen LogP contribution in [0, 0.1) is 10.1 Å². The van der Waals surface area contributed by atoms with E-state index in [2.05, 4.69) is 10.6 Å². The zero-order valence-electron chi connectivity index (χ0n) is 25.8. The fourth-order valence-electron chi connectivity index (χ4n) is 5.28. The molecular formula is C32H38N6O6. The first-order valence-corrected chi connectivity index (χ1v) is 14.1. The van der Waals surface area contributed by atoms with Gasteiger partial charge in [-0.25, -0.2) is 9.59 Å². The molecule has 4 rings (SSSR count). The lowest BCUT2D eigenvalue weighted by Crippen LogP contribution is -2.51. The Hall–Kier alpha value is -4.97. The number of hydrogen-bond acceptors (Lipinski definition) is 7. The Bertz CT molecular complexity index is 1530. The number of ether oxygens (including phenoxy) is 1. The highest BCUT2D eigenvalue weighted by atomic mass is 16.6. The molecule has 1 unspecified atom stereocenters. The number of rotatable bonds is 9. The number of non-ortho nitro benzene ring substituents is 1. The maximum Gasteiger partial charge on any atom is 0.412 e. The number of amides is 4. The van der Waals surface area contributed by atoms with Crippen molar-refractivity contribution >= 4 is 40.8 Å². The van der Waals surface area contributed by atoms with Crippen LogP contribution in [0.2, 0.25) is 0 Å². The van der Waals surface area contributed by atoms with E-state index >= 15 is 0 Å². The second-order valence-electron chi connectivity index (χ2n) is 12.3. The van der Waals surface area contributed by atoms with Gasteiger partial charge in [-0.1, -0.05) is 24.3 Å². The second kappa shape index (κ2) is 12.7. The highest BCUT2D eigenvalue weighted by Crippen LogP contribution is 2.35. The summed E-state index contributed by atoms with van der Waals surface area (Å²) in [6.07, 6.45) is -0.631. The summed E-state index contributed by atoms with van der Waals surface area (Å²) in [6.45, 7) is 8.62. The molecule has 0 radical (unpaired) electrons. The summed E-state index contributed by atoms with van der Waals surface area (Å²) in [7, 11) is 3.87. The highest BCUT2D eigenvalue weighted by Gasteiger charge is 2.47. The van der Waals surface area contributed by atoms with E-state index in [9.17, 15) is 24.5 Å². The van der Waals surface area contributed by atoms with Crippen LogP contribution in [0.5, 0.6) is 0 Å². The van der Waals surface area contributed by atoms with Gasteiger partial charge in [0.15, 0.2) is 0 Å². The minimum absolute atomic E-state index is 0.0431. The van der Waals surface area contributed by atoms with E-state index in [1.54, 1.807) is 91.2 Å². The number of benzene rings is 3. The first-order valence-electron chi connectivity index (χ1n) is 14.1. The lowest BCUT2D eigenvalue weighted by Gasteiger charge is -2.35. The monoisotopic (exact) mass is 602 g/mol. The third-order valence-electron chi connectivity index (χ3n) is 6.91. The van der Waals surface area contributed by atoms with E-state index in [0.717, 1.165) is 5.56 Å². The molecule has 232 valence electrons. The molecule has 1 fully saturated rings. The SMILES string of the molecule is CN(C)CC1(C)CN(Cc2ccc(C(=O)Nc3ccccc3NC(=O)OC(C)(C)C)cc2)C(=O)N1c1ccc([N+](=O)[O-])cc1. The number of carbonyl (C=O) groups excluding carboxylic acids is 3. The third-order valence-corrected chi connectivity index (χ3v) is 6.91. The summed E-state index contributed by atoms with van der Waals surface area (Å²) in [5.41, 5.74) is 1.34. The van der Waals surface area contributed by atoms with Crippen molar-refractivity contribution < 1.29 is 24.0 Å². The van der Waals surface area contributed by atoms with Crippen LogP contribution in [0.4, 0.5) is 32.3 Å². The Balaban J connectivity index is 1.46. The molecule has 1 atom stereocenters. The topological polar surface area (TPSA) is 137 Å². The van der Waals surface area contributed by atoms with Crippen molar-refractivity contribution in [1.82, 2.24) is 9.80 Å². The average molecular weight is 603 g/mol. The second-order valence-corrected chi connectivity index (χ2v) is 12.3. The number of nitro benzene ring substituents is 1. The van der Waals surface area contributed by atoms with Crippen molar-refractivity contribution in [3.05, 3.63) is 94.0 Å². The summed E-state index contributed by atoms with van der Waals surface area (Å²) >= 11 is 0. The van der Waals surface area contributed by atoms with Gasteiger partial charge in [0.05, 0.1) is 21.8 Å². The Morgan fingerprint density at radius 3 is 2.11 bits per heavy atom. The molecule has 2 N–H and O–H groups in total. The molecule has 3 aromatic rings. The maximum absolute atomic E-state index is 13.7. The predicted octanol–water partition coefficient (Wildman–Crippen LogP) is 5.96. The van der Waals surface area contributed by atoms with Crippen LogP contribution in [0.25, 0.3) is 0 Å². The van der Waals surface area contributed by atoms with Crippen molar-refractivity contribution in [3.63, 3.8) is 0 Å². The molecule has 1 saturated heterocycles. The van der Waals surface area contributed by atoms with Gasteiger partial charge < -0.3 is 19.9 Å². The van der Waals surface area contributed by atoms with Crippen LogP contribution >= 0.6 is 0 Å². The number of nitrogens with zero attached hydrogens (tertiary/aromatic N) is 4. The van der Waals surface area contributed by atoms with Crippen LogP contribution in [-0.4, -0.2) is 71.1 Å². The zero-order valence-corrected chi connectivity index (χ0v) is 25.8. The van der Waals surface area contributed by atoms with E-state index in [-0.39, 0.29) is 17.6 Å². The molecule has 3 aromatic carbocycles. The Labute approximate surface area is 256 Å². The van der Waals surface area contributed by atoms with E-state index in [1.165, 1.54) is 12.1 Å². The van der Waals surface area contributed by atoms with Gasteiger partial charge in [0.25, 0.3) is 11.6 Å². The lowest BCUT2D eigenvalue weighted by atomic mass is 10.00. The van der Waals surface area contributed by atoms with Gasteiger partial charge in [0, 0.05) is 43.0 Å². The van der Waals surface area contributed by atoms with Crippen LogP contribution in [0.15, 0.2) is 72.8 Å². The van der Waals surface area contributed by atoms with Crippen molar-refractivity contribution in [2.24, 2.45) is 0 Å². The van der Waals surface area contributed by atoms with Crippen molar-refractivity contribution in [2.75, 3.05) is 42.7 Å². The maximum atomic E-state index is 13.7. The number of hydrogen-bond donors (Lipinski definition) is 2. The molecule has 12 nitrogen and oxygen atoms in total. The first-order chi connectivity index (χ1) is 20.6. The van der Waals surface area contributed by atoms with Gasteiger partial charge in [-0.15, -0.1) is 0 Å². The van der Waals surface area contributed by atoms with Crippen molar-refractivity contribution in [3.8, 4) is 0 Å². The van der Waals surface area contributed by atoms with Crippen LogP contribution < -0.4 is 15.5 Å². The number of likely N-dealkylation sites (N-methyl/N-ethyl adjacent to an activating group) is 1. The number of carbonyl (C=O) groups is 3. The standard InChI is InChI=1S/C32H38N6O6/c1-31(2,3)44-29(40)34-27-10-8-7-9-26(27)33-28(39)23-13-11-22(12-14-23)19-36-21-32(4,20-35(5)6)37(30(36)41)24-15-17-25(18-16-24)38(42)43/h7-18H,19-21H2,1-6H3,(H,33,39)(H,34,40). The average Bonchev–Trinajstić information content (AvgIpc) is 3.16. The lowest BCUT2D eigenvalue weighted by molar-refractivity contribution is -0.384. The van der Waals surface area contributed by atoms with Gasteiger partial charge in [0.1, 0.15) is 5.60 Å². The van der Waals surface area contributed by atoms with E-state index in [4.69, 9.17) is 4.74 Å². The molecular weight excluding hydrogens is 564 g/mol. The summed E-state index contributed by atoms with van der Waals surface area (Å²) in [4.78, 5) is 55.1. The van der Waals surface area contributed by atoms with Crippen LogP contribution in [0.1, 0.15) is 43.6 Å². The van der Waals surface area contributed by atoms with E-state index < -0.39 is 22.2 Å². The Morgan fingerprint density at radius 2 is 1.57 bits per heavy atom. The van der Waals surface area contributed by atoms with Gasteiger partial charge in [-0.3, -0.25) is 25.1 Å². The number of para-hydroxylation sites is 2. The molecule has 12 heteroatoms. The van der Waals surface area contributed by atoms with Gasteiger partial charge in [-0.2, -0.15) is 0 Å². The molecule has 1 aliphatic heterocycles. The molecule has 0 aliphatic carbocycles. The Morgan fingerprint density at radius 1 is 0.977 bits per heavy atom. The molecule has 44 heavy (non-hydrogen) atoms.